The van der Waals surface area contributed by atoms with Crippen LogP contribution < -0.4 is 34.7 Å². The van der Waals surface area contributed by atoms with Crippen LogP contribution in [0.15, 0.2) is 18.2 Å². The van der Waals surface area contributed by atoms with Crippen LogP contribution in [0.1, 0.15) is 26.3 Å². The average Bonchev–Trinajstić information content (AvgIpc) is 2.47. The number of esters is 1. The van der Waals surface area contributed by atoms with Gasteiger partial charge in [-0.05, 0) is 17.7 Å². The summed E-state index contributed by atoms with van der Waals surface area (Å²) in [6.07, 6.45) is 0. The fraction of sp³-hybridized carbons (Fsp3) is 0.111. The fourth-order valence-electron chi connectivity index (χ4n) is 1.26. The van der Waals surface area contributed by atoms with E-state index in [1.165, 1.54) is 18.2 Å². The van der Waals surface area contributed by atoms with Crippen LogP contribution in [-0.2, 0) is 11.3 Å². The first-order valence-electron chi connectivity index (χ1n) is 3.70. The second-order valence-corrected chi connectivity index (χ2v) is 2.74. The second-order valence-electron chi connectivity index (χ2n) is 2.74. The summed E-state index contributed by atoms with van der Waals surface area (Å²) in [4.78, 5) is 21.4. The first-order valence-corrected chi connectivity index (χ1v) is 3.70. The smallest absolute Gasteiger partial charge is 0.545 e. The van der Waals surface area contributed by atoms with Gasteiger partial charge in [-0.25, -0.2) is 4.79 Å². The SMILES string of the molecule is O=C([O-])c1ccc2c(c1)COC2=O.[Na+]. The predicted octanol–water partition coefficient (Wildman–Crippen LogP) is -3.28. The van der Waals surface area contributed by atoms with Crippen molar-refractivity contribution < 1.29 is 49.0 Å². The average molecular weight is 200 g/mol. The Morgan fingerprint density at radius 2 is 2.14 bits per heavy atom. The molecule has 1 aliphatic heterocycles. The third kappa shape index (κ3) is 1.82. The van der Waals surface area contributed by atoms with Gasteiger partial charge in [0.2, 0.25) is 0 Å². The molecule has 0 bridgehead atoms. The van der Waals surface area contributed by atoms with Gasteiger partial charge in [0.05, 0.1) is 11.5 Å². The number of carboxylic acids is 1. The Labute approximate surface area is 102 Å². The van der Waals surface area contributed by atoms with Crippen molar-refractivity contribution in [3.8, 4) is 0 Å². The Kier molecular flexibility index (Phi) is 3.31. The molecule has 0 aromatic heterocycles. The number of benzene rings is 1. The molecular formula is C9H5NaO4. The number of cyclic esters (lactones) is 1. The van der Waals surface area contributed by atoms with E-state index in [-0.39, 0.29) is 41.7 Å². The zero-order chi connectivity index (χ0) is 9.42. The van der Waals surface area contributed by atoms with E-state index in [1.54, 1.807) is 0 Å². The monoisotopic (exact) mass is 200 g/mol. The van der Waals surface area contributed by atoms with E-state index >= 15 is 0 Å². The molecule has 1 aromatic carbocycles. The third-order valence-corrected chi connectivity index (χ3v) is 1.92. The van der Waals surface area contributed by atoms with Crippen LogP contribution in [0, 0.1) is 0 Å². The van der Waals surface area contributed by atoms with Gasteiger partial charge in [-0.2, -0.15) is 0 Å². The standard InChI is InChI=1S/C9H6O4.Na/c10-8(11)5-1-2-7-6(3-5)4-13-9(7)12;/h1-3H,4H2,(H,10,11);/q;+1/p-1. The summed E-state index contributed by atoms with van der Waals surface area (Å²) in [5, 5.41) is 10.4. The molecule has 0 aliphatic carbocycles. The second kappa shape index (κ2) is 4.13. The summed E-state index contributed by atoms with van der Waals surface area (Å²) >= 11 is 0. The van der Waals surface area contributed by atoms with Gasteiger partial charge in [-0.3, -0.25) is 0 Å². The number of fused-ring (bicyclic) bond motifs is 1. The first-order chi connectivity index (χ1) is 6.18. The van der Waals surface area contributed by atoms with Gasteiger partial charge in [-0.1, -0.05) is 6.07 Å². The van der Waals surface area contributed by atoms with Gasteiger partial charge in [-0.15, -0.1) is 0 Å². The van der Waals surface area contributed by atoms with Gasteiger partial charge in [0, 0.05) is 5.56 Å². The van der Waals surface area contributed by atoms with E-state index in [4.69, 9.17) is 4.74 Å². The maximum absolute atomic E-state index is 11.0. The molecule has 1 aliphatic rings. The normalized spacial score (nSPS) is 12.7. The fourth-order valence-corrected chi connectivity index (χ4v) is 1.26. The summed E-state index contributed by atoms with van der Waals surface area (Å²) in [6, 6.07) is 4.17. The van der Waals surface area contributed by atoms with E-state index in [0.717, 1.165) is 0 Å². The molecule has 0 radical (unpaired) electrons. The molecule has 0 fully saturated rings. The summed E-state index contributed by atoms with van der Waals surface area (Å²) < 4.78 is 4.71. The number of carboxylic acid groups (broad SMARTS) is 1. The van der Waals surface area contributed by atoms with E-state index in [0.29, 0.717) is 11.1 Å². The van der Waals surface area contributed by atoms with E-state index in [1.807, 2.05) is 0 Å². The molecule has 5 heteroatoms. The molecule has 14 heavy (non-hydrogen) atoms. The van der Waals surface area contributed by atoms with Crippen LogP contribution in [0.25, 0.3) is 0 Å². The van der Waals surface area contributed by atoms with Crippen molar-refractivity contribution in [2.45, 2.75) is 6.61 Å². The molecule has 0 unspecified atom stereocenters. The molecule has 4 nitrogen and oxygen atoms in total. The van der Waals surface area contributed by atoms with Crippen LogP contribution >= 0.6 is 0 Å². The van der Waals surface area contributed by atoms with Crippen LogP contribution in [0.4, 0.5) is 0 Å². The number of carbonyl (C=O) groups is 2. The minimum absolute atomic E-state index is 0. The maximum Gasteiger partial charge on any atom is 1.00 e. The van der Waals surface area contributed by atoms with Crippen LogP contribution in [-0.4, -0.2) is 11.9 Å². The van der Waals surface area contributed by atoms with E-state index in [9.17, 15) is 14.7 Å². The van der Waals surface area contributed by atoms with Crippen molar-refractivity contribution in [3.05, 3.63) is 34.9 Å². The number of carbonyl (C=O) groups excluding carboxylic acids is 2. The predicted molar refractivity (Wildman–Crippen MR) is 39.9 cm³/mol. The zero-order valence-corrected chi connectivity index (χ0v) is 9.57. The quantitative estimate of drug-likeness (QED) is 0.352. The van der Waals surface area contributed by atoms with E-state index in [2.05, 4.69) is 0 Å². The van der Waals surface area contributed by atoms with Gasteiger partial charge in [0.25, 0.3) is 0 Å². The summed E-state index contributed by atoms with van der Waals surface area (Å²) in [6.45, 7) is 0.148. The first kappa shape index (κ1) is 11.2. The van der Waals surface area contributed by atoms with Crippen molar-refractivity contribution in [1.29, 1.82) is 0 Å². The zero-order valence-electron chi connectivity index (χ0n) is 7.57. The topological polar surface area (TPSA) is 66.4 Å². The molecule has 2 rings (SSSR count). The molecule has 1 aromatic rings. The van der Waals surface area contributed by atoms with Crippen molar-refractivity contribution >= 4 is 11.9 Å². The number of hydrogen-bond acceptors (Lipinski definition) is 4. The Hall–Kier alpha value is -0.840. The number of ether oxygens (including phenoxy) is 1. The Balaban J connectivity index is 0.000000980. The van der Waals surface area contributed by atoms with Crippen LogP contribution in [0.2, 0.25) is 0 Å². The van der Waals surface area contributed by atoms with Crippen molar-refractivity contribution in [2.75, 3.05) is 0 Å². The van der Waals surface area contributed by atoms with Gasteiger partial charge >= 0.3 is 35.5 Å². The molecule has 1 heterocycles. The van der Waals surface area contributed by atoms with Gasteiger partial charge in [0.1, 0.15) is 6.61 Å². The third-order valence-electron chi connectivity index (χ3n) is 1.92. The van der Waals surface area contributed by atoms with Gasteiger partial charge in [0.15, 0.2) is 0 Å². The largest absolute Gasteiger partial charge is 1.00 e. The summed E-state index contributed by atoms with van der Waals surface area (Å²) in [5.41, 5.74) is 1.11. The number of rotatable bonds is 1. The summed E-state index contributed by atoms with van der Waals surface area (Å²) in [5.74, 6) is -1.65. The van der Waals surface area contributed by atoms with Crippen LogP contribution in [0.5, 0.6) is 0 Å². The Morgan fingerprint density at radius 1 is 1.43 bits per heavy atom. The maximum atomic E-state index is 11.0. The van der Waals surface area contributed by atoms with Gasteiger partial charge < -0.3 is 14.6 Å². The Bertz CT molecular complexity index is 400. The minimum Gasteiger partial charge on any atom is -0.545 e. The molecular weight excluding hydrogens is 195 g/mol. The van der Waals surface area contributed by atoms with E-state index < -0.39 is 11.9 Å². The molecule has 66 valence electrons. The number of aromatic carboxylic acids is 1. The molecule has 0 N–H and O–H groups in total. The molecule has 0 atom stereocenters. The molecule has 0 saturated heterocycles. The molecule has 0 spiro atoms. The number of hydrogen-bond donors (Lipinski definition) is 0. The minimum atomic E-state index is -1.25. The summed E-state index contributed by atoms with van der Waals surface area (Å²) in [7, 11) is 0. The van der Waals surface area contributed by atoms with Crippen molar-refractivity contribution in [1.82, 2.24) is 0 Å². The Morgan fingerprint density at radius 3 is 2.79 bits per heavy atom. The van der Waals surface area contributed by atoms with Crippen molar-refractivity contribution in [3.63, 3.8) is 0 Å². The molecule has 0 amide bonds. The van der Waals surface area contributed by atoms with Crippen molar-refractivity contribution in [2.24, 2.45) is 0 Å². The van der Waals surface area contributed by atoms with Crippen LogP contribution in [0.3, 0.4) is 0 Å². The molecule has 0 saturated carbocycles.